The predicted molar refractivity (Wildman–Crippen MR) is 125 cm³/mol. The number of hydrogen-bond donors (Lipinski definition) is 1. The van der Waals surface area contributed by atoms with E-state index >= 15 is 0 Å². The quantitative estimate of drug-likeness (QED) is 0.334. The molecule has 1 N–H and O–H groups in total. The second-order valence-corrected chi connectivity index (χ2v) is 7.85. The number of hydrogen-bond acceptors (Lipinski definition) is 3. The van der Waals surface area contributed by atoms with Gasteiger partial charge in [0.2, 0.25) is 0 Å². The molecule has 3 aromatic carbocycles. The van der Waals surface area contributed by atoms with Crippen LogP contribution in [0.5, 0.6) is 5.75 Å². The lowest BCUT2D eigenvalue weighted by atomic mass is 10.1. The van der Waals surface area contributed by atoms with Gasteiger partial charge in [-0.15, -0.1) is 0 Å². The predicted octanol–water partition coefficient (Wildman–Crippen LogP) is 6.73. The third-order valence-corrected chi connectivity index (χ3v) is 5.20. The first-order valence-corrected chi connectivity index (χ1v) is 10.3. The van der Waals surface area contributed by atoms with E-state index in [0.717, 1.165) is 16.7 Å². The Balaban J connectivity index is 1.81. The third-order valence-electron chi connectivity index (χ3n) is 4.61. The maximum atomic E-state index is 12.7. The minimum atomic E-state index is -0.481. The monoisotopic (exact) mass is 450 g/mol. The van der Waals surface area contributed by atoms with Crippen molar-refractivity contribution in [3.8, 4) is 11.8 Å². The summed E-state index contributed by atoms with van der Waals surface area (Å²) in [6, 6.07) is 20.0. The van der Waals surface area contributed by atoms with E-state index in [-0.39, 0.29) is 12.2 Å². The van der Waals surface area contributed by atoms with Crippen molar-refractivity contribution >= 4 is 40.9 Å². The number of ether oxygens (including phenoxy) is 1. The first-order chi connectivity index (χ1) is 14.9. The molecular formula is C25H20Cl2N2O2. The lowest BCUT2D eigenvalue weighted by molar-refractivity contribution is -0.112. The first kappa shape index (κ1) is 22.4. The van der Waals surface area contributed by atoms with Crippen molar-refractivity contribution in [2.24, 2.45) is 0 Å². The molecule has 0 radical (unpaired) electrons. The number of anilines is 1. The smallest absolute Gasteiger partial charge is 0.266 e. The van der Waals surface area contributed by atoms with E-state index in [1.54, 1.807) is 30.3 Å². The SMILES string of the molecule is Cc1ccc(NC(=O)/C(C#N)=C/c2ccccc2OCc2ccc(Cl)cc2Cl)c(C)c1. The van der Waals surface area contributed by atoms with Crippen molar-refractivity contribution in [1.29, 1.82) is 5.26 Å². The van der Waals surface area contributed by atoms with E-state index in [0.29, 0.717) is 27.0 Å². The number of carbonyl (C=O) groups excluding carboxylic acids is 1. The highest BCUT2D eigenvalue weighted by molar-refractivity contribution is 6.35. The molecule has 0 atom stereocenters. The summed E-state index contributed by atoms with van der Waals surface area (Å²) in [4.78, 5) is 12.7. The Bertz CT molecular complexity index is 1200. The summed E-state index contributed by atoms with van der Waals surface area (Å²) >= 11 is 12.1. The second-order valence-electron chi connectivity index (χ2n) is 7.00. The molecule has 0 saturated heterocycles. The molecule has 6 heteroatoms. The van der Waals surface area contributed by atoms with Gasteiger partial charge < -0.3 is 10.1 Å². The van der Waals surface area contributed by atoms with Gasteiger partial charge in [-0.3, -0.25) is 4.79 Å². The number of nitrogens with one attached hydrogen (secondary N) is 1. The number of aryl methyl sites for hydroxylation is 2. The fourth-order valence-corrected chi connectivity index (χ4v) is 3.44. The van der Waals surface area contributed by atoms with Gasteiger partial charge in [-0.1, -0.05) is 65.2 Å². The number of nitriles is 1. The van der Waals surface area contributed by atoms with E-state index in [1.807, 2.05) is 50.2 Å². The Morgan fingerprint density at radius 3 is 2.58 bits per heavy atom. The van der Waals surface area contributed by atoms with Gasteiger partial charge in [0.15, 0.2) is 0 Å². The van der Waals surface area contributed by atoms with Crippen molar-refractivity contribution in [1.82, 2.24) is 0 Å². The van der Waals surface area contributed by atoms with Gasteiger partial charge in [-0.2, -0.15) is 5.26 Å². The Morgan fingerprint density at radius 1 is 1.10 bits per heavy atom. The minimum Gasteiger partial charge on any atom is -0.488 e. The minimum absolute atomic E-state index is 0.0273. The summed E-state index contributed by atoms with van der Waals surface area (Å²) in [5.41, 5.74) is 4.05. The van der Waals surface area contributed by atoms with Gasteiger partial charge in [0.1, 0.15) is 24.0 Å². The van der Waals surface area contributed by atoms with E-state index in [1.165, 1.54) is 6.08 Å². The van der Waals surface area contributed by atoms with Crippen LogP contribution in [0.2, 0.25) is 10.0 Å². The number of rotatable bonds is 6. The van der Waals surface area contributed by atoms with Crippen LogP contribution in [0.4, 0.5) is 5.69 Å². The Hall–Kier alpha value is -3.26. The third kappa shape index (κ3) is 5.88. The molecule has 0 spiro atoms. The van der Waals surface area contributed by atoms with Crippen LogP contribution in [0.3, 0.4) is 0 Å². The van der Waals surface area contributed by atoms with Crippen LogP contribution < -0.4 is 10.1 Å². The summed E-state index contributed by atoms with van der Waals surface area (Å²) < 4.78 is 5.91. The van der Waals surface area contributed by atoms with Gasteiger partial charge in [0, 0.05) is 26.9 Å². The van der Waals surface area contributed by atoms with Crippen molar-refractivity contribution in [2.75, 3.05) is 5.32 Å². The molecule has 1 amide bonds. The van der Waals surface area contributed by atoms with E-state index < -0.39 is 5.91 Å². The maximum absolute atomic E-state index is 12.7. The highest BCUT2D eigenvalue weighted by Gasteiger charge is 2.13. The molecule has 31 heavy (non-hydrogen) atoms. The molecule has 0 bridgehead atoms. The average Bonchev–Trinajstić information content (AvgIpc) is 2.74. The standard InChI is InChI=1S/C25H20Cl2N2O2/c1-16-7-10-23(17(2)11-16)29-25(30)20(14-28)12-18-5-3-4-6-24(18)31-15-19-8-9-21(26)13-22(19)27/h3-13H,15H2,1-2H3,(H,29,30)/b20-12+. The lowest BCUT2D eigenvalue weighted by Crippen LogP contribution is -2.14. The van der Waals surface area contributed by atoms with Gasteiger partial charge >= 0.3 is 0 Å². The first-order valence-electron chi connectivity index (χ1n) is 9.53. The van der Waals surface area contributed by atoms with E-state index in [2.05, 4.69) is 5.32 Å². The molecule has 0 saturated carbocycles. The number of benzene rings is 3. The van der Waals surface area contributed by atoms with Gasteiger partial charge in [-0.25, -0.2) is 0 Å². The molecule has 4 nitrogen and oxygen atoms in total. The Labute approximate surface area is 191 Å². The molecule has 0 aromatic heterocycles. The fourth-order valence-electron chi connectivity index (χ4n) is 2.97. The zero-order valence-corrected chi connectivity index (χ0v) is 18.6. The fraction of sp³-hybridized carbons (Fsp3) is 0.120. The number of nitrogens with zero attached hydrogens (tertiary/aromatic N) is 1. The van der Waals surface area contributed by atoms with Crippen molar-refractivity contribution in [3.63, 3.8) is 0 Å². The largest absolute Gasteiger partial charge is 0.488 e. The van der Waals surface area contributed by atoms with Gasteiger partial charge in [0.05, 0.1) is 0 Å². The molecule has 0 aliphatic rings. The molecule has 0 heterocycles. The summed E-state index contributed by atoms with van der Waals surface area (Å²) in [5.74, 6) is 0.0468. The van der Waals surface area contributed by atoms with E-state index in [9.17, 15) is 10.1 Å². The zero-order valence-electron chi connectivity index (χ0n) is 17.1. The summed E-state index contributed by atoms with van der Waals surface area (Å²) in [5, 5.41) is 13.4. The van der Waals surface area contributed by atoms with Crippen LogP contribution in [0, 0.1) is 25.2 Å². The lowest BCUT2D eigenvalue weighted by Gasteiger charge is -2.11. The molecule has 0 aliphatic carbocycles. The van der Waals surface area contributed by atoms with E-state index in [4.69, 9.17) is 27.9 Å². The Morgan fingerprint density at radius 2 is 1.87 bits per heavy atom. The maximum Gasteiger partial charge on any atom is 0.266 e. The van der Waals surface area contributed by atoms with Crippen molar-refractivity contribution in [2.45, 2.75) is 20.5 Å². The molecular weight excluding hydrogens is 431 g/mol. The molecule has 0 fully saturated rings. The molecule has 156 valence electrons. The van der Waals surface area contributed by atoms with Crippen molar-refractivity contribution in [3.05, 3.63) is 98.5 Å². The topological polar surface area (TPSA) is 62.1 Å². The van der Waals surface area contributed by atoms with Crippen LogP contribution in [-0.2, 0) is 11.4 Å². The summed E-state index contributed by atoms with van der Waals surface area (Å²) in [7, 11) is 0. The highest BCUT2D eigenvalue weighted by Crippen LogP contribution is 2.26. The molecule has 0 aliphatic heterocycles. The molecule has 3 rings (SSSR count). The van der Waals surface area contributed by atoms with Gasteiger partial charge in [-0.05, 0) is 49.8 Å². The highest BCUT2D eigenvalue weighted by atomic mass is 35.5. The number of carbonyl (C=O) groups is 1. The summed E-state index contributed by atoms with van der Waals surface area (Å²) in [6.07, 6.45) is 1.51. The van der Waals surface area contributed by atoms with Crippen LogP contribution in [0.25, 0.3) is 6.08 Å². The molecule has 0 unspecified atom stereocenters. The van der Waals surface area contributed by atoms with Crippen LogP contribution in [-0.4, -0.2) is 5.91 Å². The zero-order chi connectivity index (χ0) is 22.4. The van der Waals surface area contributed by atoms with Crippen LogP contribution in [0.15, 0.2) is 66.2 Å². The number of amides is 1. The van der Waals surface area contributed by atoms with Crippen LogP contribution >= 0.6 is 23.2 Å². The number of para-hydroxylation sites is 1. The Kier molecular flexibility index (Phi) is 7.36. The second kappa shape index (κ2) is 10.2. The van der Waals surface area contributed by atoms with Crippen LogP contribution in [0.1, 0.15) is 22.3 Å². The molecule has 3 aromatic rings. The van der Waals surface area contributed by atoms with Crippen molar-refractivity contribution < 1.29 is 9.53 Å². The summed E-state index contributed by atoms with van der Waals surface area (Å²) in [6.45, 7) is 4.11. The normalized spacial score (nSPS) is 11.0. The average molecular weight is 451 g/mol. The number of halogens is 2. The van der Waals surface area contributed by atoms with Gasteiger partial charge in [0.25, 0.3) is 5.91 Å².